The molecule has 5 nitrogen and oxygen atoms in total. The van der Waals surface area contributed by atoms with E-state index < -0.39 is 9.84 Å². The van der Waals surface area contributed by atoms with Crippen LogP contribution in [0.3, 0.4) is 0 Å². The maximum absolute atomic E-state index is 13.2. The molecule has 0 saturated carbocycles. The molecule has 150 valence electrons. The van der Waals surface area contributed by atoms with Crippen molar-refractivity contribution in [1.29, 1.82) is 0 Å². The number of rotatable bonds is 5. The molecule has 2 heterocycles. The summed E-state index contributed by atoms with van der Waals surface area (Å²) in [5.74, 6) is 0.343. The molecule has 1 aliphatic rings. The average Bonchev–Trinajstić information content (AvgIpc) is 3.13. The van der Waals surface area contributed by atoms with E-state index in [-0.39, 0.29) is 28.0 Å². The number of thiophene rings is 1. The van der Waals surface area contributed by atoms with Crippen molar-refractivity contribution < 1.29 is 17.9 Å². The van der Waals surface area contributed by atoms with Crippen LogP contribution in [0.2, 0.25) is 0 Å². The summed E-state index contributed by atoms with van der Waals surface area (Å²) < 4.78 is 32.0. The van der Waals surface area contributed by atoms with Crippen LogP contribution in [0.4, 0.5) is 5.69 Å². The molecule has 0 spiro atoms. The van der Waals surface area contributed by atoms with Crippen LogP contribution in [0.15, 0.2) is 63.7 Å². The molecule has 0 radical (unpaired) electrons. The molecule has 2 aromatic carbocycles. The second-order valence-corrected chi connectivity index (χ2v) is 9.80. The molecule has 29 heavy (non-hydrogen) atoms. The molecule has 0 fully saturated rings. The lowest BCUT2D eigenvalue weighted by atomic mass is 9.90. The molecule has 1 atom stereocenters. The van der Waals surface area contributed by atoms with Gasteiger partial charge in [-0.2, -0.15) is 0 Å². The molecular formula is C22H21NO4S2. The molecule has 1 N–H and O–H groups in total. The maximum Gasteiger partial charge on any atom is 0.225 e. The topological polar surface area (TPSA) is 72.5 Å². The highest BCUT2D eigenvalue weighted by atomic mass is 32.2. The number of carbonyl (C=O) groups is 1. The molecule has 1 aromatic heterocycles. The van der Waals surface area contributed by atoms with E-state index in [1.54, 1.807) is 29.6 Å². The summed E-state index contributed by atoms with van der Waals surface area (Å²) in [5.41, 5.74) is 2.32. The zero-order valence-corrected chi connectivity index (χ0v) is 17.8. The lowest BCUT2D eigenvalue weighted by Crippen LogP contribution is -2.23. The first-order valence-corrected chi connectivity index (χ1v) is 11.7. The molecule has 1 aliphatic heterocycles. The molecule has 0 unspecified atom stereocenters. The number of aryl methyl sites for hydroxylation is 1. The van der Waals surface area contributed by atoms with Crippen molar-refractivity contribution in [3.05, 3.63) is 69.9 Å². The Morgan fingerprint density at radius 3 is 2.66 bits per heavy atom. The SMILES string of the molecule is CCOc1cccc([C@@H]2CC(=O)Nc3c(S(=O)(=O)c4ccc(C)cc4)csc32)c1. The predicted octanol–water partition coefficient (Wildman–Crippen LogP) is 4.76. The van der Waals surface area contributed by atoms with Gasteiger partial charge in [-0.3, -0.25) is 4.79 Å². The molecule has 3 aromatic rings. The van der Waals surface area contributed by atoms with Crippen LogP contribution in [-0.4, -0.2) is 20.9 Å². The Hall–Kier alpha value is -2.64. The third-order valence-corrected chi connectivity index (χ3v) is 7.99. The van der Waals surface area contributed by atoms with Crippen LogP contribution >= 0.6 is 11.3 Å². The van der Waals surface area contributed by atoms with Gasteiger partial charge < -0.3 is 10.1 Å². The van der Waals surface area contributed by atoms with Crippen molar-refractivity contribution in [2.24, 2.45) is 0 Å². The average molecular weight is 428 g/mol. The quantitative estimate of drug-likeness (QED) is 0.637. The third-order valence-electron chi connectivity index (χ3n) is 4.95. The van der Waals surface area contributed by atoms with Gasteiger partial charge in [0.1, 0.15) is 10.6 Å². The lowest BCUT2D eigenvalue weighted by molar-refractivity contribution is -0.116. The summed E-state index contributed by atoms with van der Waals surface area (Å²) in [7, 11) is -3.73. The van der Waals surface area contributed by atoms with Gasteiger partial charge in [0.25, 0.3) is 0 Å². The first kappa shape index (κ1) is 19.7. The molecule has 0 bridgehead atoms. The third kappa shape index (κ3) is 3.68. The van der Waals surface area contributed by atoms with E-state index in [0.29, 0.717) is 12.3 Å². The summed E-state index contributed by atoms with van der Waals surface area (Å²) in [4.78, 5) is 13.7. The summed E-state index contributed by atoms with van der Waals surface area (Å²) in [5, 5.41) is 4.43. The second kappa shape index (κ2) is 7.65. The molecule has 7 heteroatoms. The normalized spacial score (nSPS) is 16.2. The van der Waals surface area contributed by atoms with Crippen LogP contribution < -0.4 is 10.1 Å². The van der Waals surface area contributed by atoms with E-state index in [1.807, 2.05) is 38.1 Å². The van der Waals surface area contributed by atoms with Gasteiger partial charge in [-0.1, -0.05) is 29.8 Å². The number of anilines is 1. The highest BCUT2D eigenvalue weighted by Gasteiger charge is 2.34. The lowest BCUT2D eigenvalue weighted by Gasteiger charge is -2.24. The summed E-state index contributed by atoms with van der Waals surface area (Å²) in [6.07, 6.45) is 0.271. The molecule has 1 amide bonds. The van der Waals surface area contributed by atoms with Crippen molar-refractivity contribution in [2.45, 2.75) is 36.0 Å². The second-order valence-electron chi connectivity index (χ2n) is 6.97. The summed E-state index contributed by atoms with van der Waals surface area (Å²) >= 11 is 1.37. The molecule has 0 saturated heterocycles. The van der Waals surface area contributed by atoms with Crippen molar-refractivity contribution >= 4 is 32.8 Å². The maximum atomic E-state index is 13.2. The first-order chi connectivity index (χ1) is 13.9. The number of ether oxygens (including phenoxy) is 1. The number of sulfone groups is 1. The Morgan fingerprint density at radius 2 is 1.93 bits per heavy atom. The Kier molecular flexibility index (Phi) is 5.19. The van der Waals surface area contributed by atoms with E-state index in [2.05, 4.69) is 5.32 Å². The van der Waals surface area contributed by atoms with E-state index >= 15 is 0 Å². The Labute approximate surface area is 174 Å². The Morgan fingerprint density at radius 1 is 1.17 bits per heavy atom. The minimum absolute atomic E-state index is 0.153. The fourth-order valence-corrected chi connectivity index (χ4v) is 6.41. The first-order valence-electron chi connectivity index (χ1n) is 9.36. The van der Waals surface area contributed by atoms with E-state index in [4.69, 9.17) is 4.74 Å². The zero-order valence-electron chi connectivity index (χ0n) is 16.1. The van der Waals surface area contributed by atoms with Gasteiger partial charge in [-0.05, 0) is 43.7 Å². The van der Waals surface area contributed by atoms with Crippen LogP contribution in [-0.2, 0) is 14.6 Å². The van der Waals surface area contributed by atoms with Gasteiger partial charge in [0.15, 0.2) is 0 Å². The van der Waals surface area contributed by atoms with Gasteiger partial charge in [0, 0.05) is 22.6 Å². The van der Waals surface area contributed by atoms with E-state index in [9.17, 15) is 13.2 Å². The number of nitrogens with one attached hydrogen (secondary N) is 1. The molecule has 0 aliphatic carbocycles. The Bertz CT molecular complexity index is 1160. The monoisotopic (exact) mass is 427 g/mol. The van der Waals surface area contributed by atoms with Crippen molar-refractivity contribution in [3.8, 4) is 5.75 Å². The van der Waals surface area contributed by atoms with Gasteiger partial charge in [-0.25, -0.2) is 8.42 Å². The van der Waals surface area contributed by atoms with Crippen molar-refractivity contribution in [2.75, 3.05) is 11.9 Å². The van der Waals surface area contributed by atoms with Crippen molar-refractivity contribution in [1.82, 2.24) is 0 Å². The van der Waals surface area contributed by atoms with Crippen LogP contribution in [0.1, 0.15) is 35.3 Å². The smallest absolute Gasteiger partial charge is 0.225 e. The number of benzene rings is 2. The zero-order chi connectivity index (χ0) is 20.6. The number of hydrogen-bond donors (Lipinski definition) is 1. The fourth-order valence-electron chi connectivity index (χ4n) is 3.50. The highest BCUT2D eigenvalue weighted by molar-refractivity contribution is 7.91. The number of carbonyl (C=O) groups excluding carboxylic acids is 1. The van der Waals surface area contributed by atoms with Gasteiger partial charge in [-0.15, -0.1) is 11.3 Å². The largest absolute Gasteiger partial charge is 0.494 e. The number of fused-ring (bicyclic) bond motifs is 1. The van der Waals surface area contributed by atoms with E-state index in [1.165, 1.54) is 11.3 Å². The molecule has 4 rings (SSSR count). The number of hydrogen-bond acceptors (Lipinski definition) is 5. The standard InChI is InChI=1S/C22H21NO4S2/c1-3-27-16-6-4-5-15(11-16)18-12-20(24)23-21-19(13-28-22(18)21)29(25,26)17-9-7-14(2)8-10-17/h4-11,13,18H,3,12H2,1-2H3,(H,23,24)/t18-/m0/s1. The highest BCUT2D eigenvalue weighted by Crippen LogP contribution is 2.46. The summed E-state index contributed by atoms with van der Waals surface area (Å²) in [6.45, 7) is 4.38. The van der Waals surface area contributed by atoms with Crippen LogP contribution in [0.25, 0.3) is 0 Å². The predicted molar refractivity (Wildman–Crippen MR) is 114 cm³/mol. The van der Waals surface area contributed by atoms with Crippen LogP contribution in [0, 0.1) is 6.92 Å². The van der Waals surface area contributed by atoms with Crippen molar-refractivity contribution in [3.63, 3.8) is 0 Å². The van der Waals surface area contributed by atoms with E-state index in [0.717, 1.165) is 21.8 Å². The fraction of sp³-hybridized carbons (Fsp3) is 0.227. The van der Waals surface area contributed by atoms with Gasteiger partial charge in [0.2, 0.25) is 15.7 Å². The summed E-state index contributed by atoms with van der Waals surface area (Å²) in [6, 6.07) is 14.4. The molecular weight excluding hydrogens is 406 g/mol. The minimum Gasteiger partial charge on any atom is -0.494 e. The Balaban J connectivity index is 1.79. The van der Waals surface area contributed by atoms with Gasteiger partial charge >= 0.3 is 0 Å². The van der Waals surface area contributed by atoms with Gasteiger partial charge in [0.05, 0.1) is 17.2 Å². The minimum atomic E-state index is -3.73. The number of amides is 1. The van der Waals surface area contributed by atoms with Crippen LogP contribution in [0.5, 0.6) is 5.75 Å².